The van der Waals surface area contributed by atoms with Gasteiger partial charge in [-0.2, -0.15) is 26.3 Å². The molecule has 0 spiro atoms. The predicted molar refractivity (Wildman–Crippen MR) is 117 cm³/mol. The van der Waals surface area contributed by atoms with E-state index in [2.05, 4.69) is 0 Å². The molecule has 0 amide bonds. The molecule has 1 aliphatic rings. The maximum Gasteiger partial charge on any atom is 0.417 e. The molecule has 1 unspecified atom stereocenters. The van der Waals surface area contributed by atoms with Gasteiger partial charge in [-0.1, -0.05) is 46.9 Å². The molecular weight excluding hydrogens is 570 g/mol. The number of halogens is 12. The first-order chi connectivity index (χ1) is 16.4. The molecule has 36 heavy (non-hydrogen) atoms. The minimum atomic E-state index is -5.18. The van der Waals surface area contributed by atoms with Gasteiger partial charge in [-0.15, -0.1) is 0 Å². The lowest BCUT2D eigenvalue weighted by atomic mass is 9.77. The monoisotopic (exact) mass is 582 g/mol. The van der Waals surface area contributed by atoms with Crippen LogP contribution in [0.5, 0.6) is 0 Å². The number of Topliss-reactive ketones (excluding diaryl/α,β-unsaturated/α-hetero) is 1. The molecule has 0 bridgehead atoms. The summed E-state index contributed by atoms with van der Waals surface area (Å²) in [5.74, 6) is -9.19. The smallest absolute Gasteiger partial charge is 0.294 e. The fourth-order valence-corrected chi connectivity index (χ4v) is 4.46. The van der Waals surface area contributed by atoms with Gasteiger partial charge in [0.15, 0.2) is 5.78 Å². The second kappa shape index (κ2) is 10.1. The van der Waals surface area contributed by atoms with Gasteiger partial charge in [-0.05, 0) is 35.8 Å². The molecule has 13 heteroatoms. The molecule has 0 aliphatic heterocycles. The zero-order valence-electron chi connectivity index (χ0n) is 17.7. The highest BCUT2D eigenvalue weighted by molar-refractivity contribution is 6.48. The van der Waals surface area contributed by atoms with Gasteiger partial charge in [0.1, 0.15) is 11.7 Å². The fraction of sp³-hybridized carbons (Fsp3) is 0.348. The molecule has 1 aliphatic carbocycles. The lowest BCUT2D eigenvalue weighted by Gasteiger charge is -2.34. The van der Waals surface area contributed by atoms with Crippen LogP contribution in [-0.4, -0.2) is 17.9 Å². The van der Waals surface area contributed by atoms with Crippen molar-refractivity contribution in [2.75, 3.05) is 0 Å². The van der Waals surface area contributed by atoms with Gasteiger partial charge in [0.25, 0.3) is 0 Å². The SMILES string of the molecule is O=C(CC1CC(F)(F)C1)c1ccc(/C(F)=C/C(c2cc(Cl)c(Cl)c(Cl)c2)C(F)(F)F)cc1C(F)(F)F. The molecule has 0 N–H and O–H groups in total. The van der Waals surface area contributed by atoms with Gasteiger partial charge in [-0.3, -0.25) is 4.79 Å². The second-order valence-electron chi connectivity index (χ2n) is 8.35. The zero-order valence-corrected chi connectivity index (χ0v) is 20.0. The summed E-state index contributed by atoms with van der Waals surface area (Å²) in [5, 5.41) is -0.949. The van der Waals surface area contributed by atoms with Crippen LogP contribution in [0.4, 0.5) is 39.5 Å². The molecule has 1 atom stereocenters. The zero-order chi connectivity index (χ0) is 27.2. The number of carbonyl (C=O) groups is 1. The number of benzene rings is 2. The van der Waals surface area contributed by atoms with E-state index in [1.807, 2.05) is 0 Å². The largest absolute Gasteiger partial charge is 0.417 e. The average molecular weight is 584 g/mol. The van der Waals surface area contributed by atoms with Crippen LogP contribution in [-0.2, 0) is 6.18 Å². The van der Waals surface area contributed by atoms with Crippen LogP contribution in [0, 0.1) is 5.92 Å². The van der Waals surface area contributed by atoms with Gasteiger partial charge in [0.05, 0.1) is 20.6 Å². The minimum absolute atomic E-state index is 0.0450. The van der Waals surface area contributed by atoms with Crippen molar-refractivity contribution in [3.63, 3.8) is 0 Å². The molecule has 1 saturated carbocycles. The molecule has 0 aromatic heterocycles. The molecule has 3 rings (SSSR count). The number of alkyl halides is 8. The Morgan fingerprint density at radius 3 is 2.03 bits per heavy atom. The summed E-state index contributed by atoms with van der Waals surface area (Å²) in [5.41, 5.74) is -3.98. The van der Waals surface area contributed by atoms with Crippen molar-refractivity contribution < 1.29 is 44.3 Å². The maximum absolute atomic E-state index is 14.9. The van der Waals surface area contributed by atoms with Crippen LogP contribution >= 0.6 is 34.8 Å². The van der Waals surface area contributed by atoms with Crippen LogP contribution in [0.2, 0.25) is 15.1 Å². The number of carbonyl (C=O) groups excluding carboxylic acids is 1. The van der Waals surface area contributed by atoms with Crippen molar-refractivity contribution in [1.29, 1.82) is 0 Å². The summed E-state index contributed by atoms with van der Waals surface area (Å²) in [6.45, 7) is 0. The fourth-order valence-electron chi connectivity index (χ4n) is 3.85. The number of hydrogen-bond acceptors (Lipinski definition) is 1. The summed E-state index contributed by atoms with van der Waals surface area (Å²) in [7, 11) is 0. The Labute approximate surface area is 213 Å². The van der Waals surface area contributed by atoms with E-state index in [1.54, 1.807) is 0 Å². The second-order valence-corrected chi connectivity index (χ2v) is 9.54. The maximum atomic E-state index is 14.9. The van der Waals surface area contributed by atoms with Crippen LogP contribution in [0.1, 0.15) is 52.2 Å². The van der Waals surface area contributed by atoms with E-state index in [-0.39, 0.29) is 27.2 Å². The summed E-state index contributed by atoms with van der Waals surface area (Å²) >= 11 is 17.2. The first-order valence-corrected chi connectivity index (χ1v) is 11.2. The van der Waals surface area contributed by atoms with E-state index in [9.17, 15) is 44.3 Å². The van der Waals surface area contributed by atoms with Gasteiger partial charge in [0.2, 0.25) is 5.92 Å². The van der Waals surface area contributed by atoms with Gasteiger partial charge in [-0.25, -0.2) is 13.2 Å². The highest BCUT2D eigenvalue weighted by Crippen LogP contribution is 2.46. The quantitative estimate of drug-likeness (QED) is 0.188. The standard InChI is InChI=1S/C23H14Cl3F9O/c24-16-5-12(6-17(25)20(16)26)14(22(30,31)32)7-18(27)11-1-2-13(15(4-11)23(33,34)35)19(36)3-10-8-21(28,29)9-10/h1-2,4-7,10,14H,3,8-9H2/b18-7-. The number of rotatable bonds is 6. The third-order valence-corrected chi connectivity index (χ3v) is 6.78. The van der Waals surface area contributed by atoms with Crippen molar-refractivity contribution in [2.24, 2.45) is 5.92 Å². The lowest BCUT2D eigenvalue weighted by Crippen LogP contribution is -2.36. The van der Waals surface area contributed by atoms with Gasteiger partial charge in [0, 0.05) is 30.4 Å². The first-order valence-electron chi connectivity index (χ1n) is 10.1. The van der Waals surface area contributed by atoms with E-state index in [0.29, 0.717) is 12.1 Å². The van der Waals surface area contributed by atoms with Crippen molar-refractivity contribution >= 4 is 46.4 Å². The lowest BCUT2D eigenvalue weighted by molar-refractivity contribution is -0.140. The molecule has 1 nitrogen and oxygen atoms in total. The van der Waals surface area contributed by atoms with E-state index in [1.165, 1.54) is 0 Å². The average Bonchev–Trinajstić information content (AvgIpc) is 2.72. The molecule has 2 aromatic rings. The molecule has 1 fully saturated rings. The Hall–Kier alpha value is -1.91. The van der Waals surface area contributed by atoms with E-state index in [4.69, 9.17) is 34.8 Å². The third kappa shape index (κ3) is 6.50. The van der Waals surface area contributed by atoms with Crippen LogP contribution in [0.15, 0.2) is 36.4 Å². The first kappa shape index (κ1) is 28.7. The van der Waals surface area contributed by atoms with Gasteiger partial charge < -0.3 is 0 Å². The molecular formula is C23H14Cl3F9O. The normalized spacial score (nSPS) is 17.6. The highest BCUT2D eigenvalue weighted by Gasteiger charge is 2.46. The molecule has 0 saturated heterocycles. The minimum Gasteiger partial charge on any atom is -0.294 e. The molecule has 0 radical (unpaired) electrons. The highest BCUT2D eigenvalue weighted by atomic mass is 35.5. The van der Waals surface area contributed by atoms with Crippen molar-refractivity contribution in [2.45, 2.75) is 43.5 Å². The Kier molecular flexibility index (Phi) is 8.04. The van der Waals surface area contributed by atoms with E-state index in [0.717, 1.165) is 12.1 Å². The number of allylic oxidation sites excluding steroid dienone is 1. The summed E-state index contributed by atoms with van der Waals surface area (Å²) in [6, 6.07) is 3.11. The predicted octanol–water partition coefficient (Wildman–Crippen LogP) is 9.94. The molecule has 196 valence electrons. The molecule has 0 heterocycles. The topological polar surface area (TPSA) is 17.1 Å². The van der Waals surface area contributed by atoms with Crippen LogP contribution in [0.3, 0.4) is 0 Å². The van der Waals surface area contributed by atoms with Crippen LogP contribution < -0.4 is 0 Å². The van der Waals surface area contributed by atoms with Crippen molar-refractivity contribution in [1.82, 2.24) is 0 Å². The Morgan fingerprint density at radius 2 is 1.56 bits per heavy atom. The number of hydrogen-bond donors (Lipinski definition) is 0. The van der Waals surface area contributed by atoms with E-state index < -0.39 is 83.2 Å². The summed E-state index contributed by atoms with van der Waals surface area (Å²) in [6.07, 6.45) is -12.1. The molecule has 2 aromatic carbocycles. The Morgan fingerprint density at radius 1 is 1.00 bits per heavy atom. The third-order valence-electron chi connectivity index (χ3n) is 5.58. The summed E-state index contributed by atoms with van der Waals surface area (Å²) in [4.78, 5) is 12.4. The number of ketones is 1. The summed E-state index contributed by atoms with van der Waals surface area (Å²) < 4.78 is 123. The van der Waals surface area contributed by atoms with Crippen LogP contribution in [0.25, 0.3) is 5.83 Å². The van der Waals surface area contributed by atoms with Gasteiger partial charge >= 0.3 is 12.4 Å². The Bertz CT molecular complexity index is 1170. The van der Waals surface area contributed by atoms with Crippen molar-refractivity contribution in [3.8, 4) is 0 Å². The van der Waals surface area contributed by atoms with E-state index >= 15 is 0 Å². The van der Waals surface area contributed by atoms with Crippen molar-refractivity contribution in [3.05, 3.63) is 73.7 Å². The Balaban J connectivity index is 1.99.